The summed E-state index contributed by atoms with van der Waals surface area (Å²) in [5.41, 5.74) is 1.81. The summed E-state index contributed by atoms with van der Waals surface area (Å²) in [6.45, 7) is 3.62. The van der Waals surface area contributed by atoms with Gasteiger partial charge in [0, 0.05) is 26.0 Å². The van der Waals surface area contributed by atoms with Gasteiger partial charge in [0.1, 0.15) is 11.5 Å². The van der Waals surface area contributed by atoms with Crippen LogP contribution >= 0.6 is 0 Å². The predicted molar refractivity (Wildman–Crippen MR) is 64.0 cm³/mol. The van der Waals surface area contributed by atoms with Gasteiger partial charge in [0.25, 0.3) is 0 Å². The van der Waals surface area contributed by atoms with Gasteiger partial charge in [0.15, 0.2) is 5.82 Å². The summed E-state index contributed by atoms with van der Waals surface area (Å²) in [5, 5.41) is 6.84. The fourth-order valence-electron chi connectivity index (χ4n) is 1.30. The number of pyridine rings is 1. The van der Waals surface area contributed by atoms with E-state index < -0.39 is 0 Å². The second-order valence-corrected chi connectivity index (χ2v) is 3.54. The van der Waals surface area contributed by atoms with Crippen LogP contribution in [0.1, 0.15) is 5.82 Å². The number of rotatable bonds is 3. The maximum Gasteiger partial charge on any atom is 0.200 e. The van der Waals surface area contributed by atoms with Crippen LogP contribution in [0.25, 0.3) is 17.6 Å². The van der Waals surface area contributed by atoms with Gasteiger partial charge in [0.2, 0.25) is 0 Å². The maximum atomic E-state index is 4.23. The highest BCUT2D eigenvalue weighted by atomic mass is 15.2. The molecule has 0 aliphatic heterocycles. The zero-order chi connectivity index (χ0) is 11.5. The number of H-pyrrole nitrogens is 1. The first-order chi connectivity index (χ1) is 7.70. The van der Waals surface area contributed by atoms with Crippen molar-refractivity contribution in [2.75, 3.05) is 19.0 Å². The minimum absolute atomic E-state index is 0.582. The first-order valence-corrected chi connectivity index (χ1v) is 4.89. The second kappa shape index (κ2) is 4.14. The number of hydrogen-bond donors (Lipinski definition) is 1. The first kappa shape index (κ1) is 10.4. The molecule has 5 heteroatoms. The summed E-state index contributed by atoms with van der Waals surface area (Å²) in [4.78, 5) is 10.5. The lowest BCUT2D eigenvalue weighted by Crippen LogP contribution is -2.08. The largest absolute Gasteiger partial charge is 0.378 e. The van der Waals surface area contributed by atoms with Crippen LogP contribution in [0.15, 0.2) is 24.9 Å². The summed E-state index contributed by atoms with van der Waals surface area (Å²) < 4.78 is 0. The van der Waals surface area contributed by atoms with E-state index in [1.165, 1.54) is 0 Å². The zero-order valence-corrected chi connectivity index (χ0v) is 9.31. The molecular weight excluding hydrogens is 202 g/mol. The van der Waals surface area contributed by atoms with E-state index in [0.717, 1.165) is 11.4 Å². The molecular formula is C11H13N5. The van der Waals surface area contributed by atoms with Gasteiger partial charge >= 0.3 is 0 Å². The minimum atomic E-state index is 0.582. The molecule has 2 rings (SSSR count). The van der Waals surface area contributed by atoms with Gasteiger partial charge in [-0.15, -0.1) is 0 Å². The standard InChI is InChI=1S/C11H13N5/c1-4-10-13-11(15-14-10)9-7-8(16(2)3)5-6-12-9/h4-7H,1H2,2-3H3,(H,13,14,15). The van der Waals surface area contributed by atoms with Crippen LogP contribution in [0.4, 0.5) is 5.69 Å². The SMILES string of the molecule is C=Cc1nc(-c2cc(N(C)C)ccn2)n[nH]1. The highest BCUT2D eigenvalue weighted by Crippen LogP contribution is 2.18. The Morgan fingerprint density at radius 3 is 2.88 bits per heavy atom. The lowest BCUT2D eigenvalue weighted by molar-refractivity contribution is 1.07. The summed E-state index contributed by atoms with van der Waals surface area (Å²) in [6.07, 6.45) is 3.36. The number of aromatic amines is 1. The predicted octanol–water partition coefficient (Wildman–Crippen LogP) is 1.58. The molecule has 0 bridgehead atoms. The summed E-state index contributed by atoms with van der Waals surface area (Å²) >= 11 is 0. The number of aromatic nitrogens is 4. The first-order valence-electron chi connectivity index (χ1n) is 4.89. The number of anilines is 1. The van der Waals surface area contributed by atoms with Gasteiger partial charge in [0.05, 0.1) is 0 Å². The zero-order valence-electron chi connectivity index (χ0n) is 9.31. The van der Waals surface area contributed by atoms with Crippen LogP contribution in [0, 0.1) is 0 Å². The van der Waals surface area contributed by atoms with Crippen molar-refractivity contribution in [2.45, 2.75) is 0 Å². The van der Waals surface area contributed by atoms with Crippen molar-refractivity contribution in [3.8, 4) is 11.5 Å². The maximum absolute atomic E-state index is 4.23. The Labute approximate surface area is 93.9 Å². The second-order valence-electron chi connectivity index (χ2n) is 3.54. The van der Waals surface area contributed by atoms with E-state index in [1.807, 2.05) is 31.1 Å². The van der Waals surface area contributed by atoms with Crippen LogP contribution in [0.3, 0.4) is 0 Å². The molecule has 82 valence electrons. The van der Waals surface area contributed by atoms with E-state index >= 15 is 0 Å². The van der Waals surface area contributed by atoms with Crippen molar-refractivity contribution in [1.82, 2.24) is 20.2 Å². The molecule has 0 unspecified atom stereocenters. The highest BCUT2D eigenvalue weighted by molar-refractivity contribution is 5.58. The molecule has 2 aromatic heterocycles. The fourth-order valence-corrected chi connectivity index (χ4v) is 1.30. The lowest BCUT2D eigenvalue weighted by atomic mass is 10.3. The van der Waals surface area contributed by atoms with Gasteiger partial charge in [-0.2, -0.15) is 5.10 Å². The molecule has 0 spiro atoms. The Morgan fingerprint density at radius 2 is 2.25 bits per heavy atom. The molecule has 0 saturated carbocycles. The average molecular weight is 215 g/mol. The summed E-state index contributed by atoms with van der Waals surface area (Å²) in [6, 6.07) is 3.88. The van der Waals surface area contributed by atoms with Crippen molar-refractivity contribution in [1.29, 1.82) is 0 Å². The molecule has 0 radical (unpaired) electrons. The van der Waals surface area contributed by atoms with Gasteiger partial charge < -0.3 is 4.90 Å². The molecule has 0 fully saturated rings. The van der Waals surface area contributed by atoms with Crippen LogP contribution < -0.4 is 4.90 Å². The smallest absolute Gasteiger partial charge is 0.200 e. The van der Waals surface area contributed by atoms with Crippen molar-refractivity contribution >= 4 is 11.8 Å². The molecule has 0 aromatic carbocycles. The number of nitrogens with zero attached hydrogens (tertiary/aromatic N) is 4. The van der Waals surface area contributed by atoms with Crippen molar-refractivity contribution in [3.05, 3.63) is 30.7 Å². The summed E-state index contributed by atoms with van der Waals surface area (Å²) in [7, 11) is 3.96. The minimum Gasteiger partial charge on any atom is -0.378 e. The molecule has 0 saturated heterocycles. The van der Waals surface area contributed by atoms with E-state index in [2.05, 4.69) is 26.7 Å². The van der Waals surface area contributed by atoms with Crippen LogP contribution in [0.5, 0.6) is 0 Å². The molecule has 1 N–H and O–H groups in total. The van der Waals surface area contributed by atoms with Crippen molar-refractivity contribution < 1.29 is 0 Å². The van der Waals surface area contributed by atoms with Gasteiger partial charge in [-0.05, 0) is 18.2 Å². The Balaban J connectivity index is 2.39. The monoisotopic (exact) mass is 215 g/mol. The van der Waals surface area contributed by atoms with E-state index in [0.29, 0.717) is 11.6 Å². The Bertz CT molecular complexity index is 501. The van der Waals surface area contributed by atoms with E-state index in [4.69, 9.17) is 0 Å². The quantitative estimate of drug-likeness (QED) is 0.844. The van der Waals surface area contributed by atoms with E-state index in [1.54, 1.807) is 12.3 Å². The molecule has 0 atom stereocenters. The van der Waals surface area contributed by atoms with Crippen LogP contribution in [-0.2, 0) is 0 Å². The summed E-state index contributed by atoms with van der Waals surface area (Å²) in [5.74, 6) is 1.23. The van der Waals surface area contributed by atoms with Gasteiger partial charge in [-0.1, -0.05) is 6.58 Å². The third kappa shape index (κ3) is 1.93. The fraction of sp³-hybridized carbons (Fsp3) is 0.182. The van der Waals surface area contributed by atoms with Crippen molar-refractivity contribution in [2.24, 2.45) is 0 Å². The average Bonchev–Trinajstić information content (AvgIpc) is 2.77. The third-order valence-corrected chi connectivity index (χ3v) is 2.19. The number of nitrogens with one attached hydrogen (secondary N) is 1. The molecule has 5 nitrogen and oxygen atoms in total. The van der Waals surface area contributed by atoms with E-state index in [-0.39, 0.29) is 0 Å². The van der Waals surface area contributed by atoms with Crippen molar-refractivity contribution in [3.63, 3.8) is 0 Å². The highest BCUT2D eigenvalue weighted by Gasteiger charge is 2.06. The number of hydrogen-bond acceptors (Lipinski definition) is 4. The molecule has 2 heterocycles. The lowest BCUT2D eigenvalue weighted by Gasteiger charge is -2.11. The Hall–Kier alpha value is -2.17. The van der Waals surface area contributed by atoms with Crippen LogP contribution in [-0.4, -0.2) is 34.3 Å². The normalized spacial score (nSPS) is 10.1. The molecule has 2 aromatic rings. The Morgan fingerprint density at radius 1 is 1.44 bits per heavy atom. The molecule has 16 heavy (non-hydrogen) atoms. The third-order valence-electron chi connectivity index (χ3n) is 2.19. The van der Waals surface area contributed by atoms with Gasteiger partial charge in [-0.3, -0.25) is 10.1 Å². The van der Waals surface area contributed by atoms with Crippen LogP contribution in [0.2, 0.25) is 0 Å². The van der Waals surface area contributed by atoms with Gasteiger partial charge in [-0.25, -0.2) is 4.98 Å². The van der Waals surface area contributed by atoms with E-state index in [9.17, 15) is 0 Å². The topological polar surface area (TPSA) is 57.7 Å². The molecule has 0 aliphatic rings. The molecule has 0 amide bonds. The Kier molecular flexibility index (Phi) is 2.68. The molecule has 0 aliphatic carbocycles.